The first-order valence-electron chi connectivity index (χ1n) is 10.1. The zero-order valence-corrected chi connectivity index (χ0v) is 20.1. The lowest BCUT2D eigenvalue weighted by molar-refractivity contribution is -0.274. The monoisotopic (exact) mass is 554 g/mol. The van der Waals surface area contributed by atoms with Crippen molar-refractivity contribution >= 4 is 45.1 Å². The van der Waals surface area contributed by atoms with E-state index < -0.39 is 52.5 Å². The number of aliphatic carboxylic acids is 1. The number of benzene rings is 2. The Labute approximate surface area is 208 Å². The fourth-order valence-corrected chi connectivity index (χ4v) is 6.08. The van der Waals surface area contributed by atoms with Crippen LogP contribution in [0.3, 0.4) is 0 Å². The Balaban J connectivity index is 1.82. The van der Waals surface area contributed by atoms with E-state index in [0.29, 0.717) is 6.42 Å². The van der Waals surface area contributed by atoms with Gasteiger partial charge in [0, 0.05) is 16.6 Å². The standard InChI is InChI=1S/C21H19Cl2F3N2O6S/c22-13-8-14(23)10-16(9-13)35(32,33)28-7-1-2-18(28)20(31)27-17(11-19(29)30)12-3-5-15(6-4-12)34-21(24,25)26/h3-6,8-10,17-18H,1-2,7,11H2,(H,27,31)(H,29,30)/t17-,18+/m1/s1. The summed E-state index contributed by atoms with van der Waals surface area (Å²) >= 11 is 11.8. The van der Waals surface area contributed by atoms with Crippen molar-refractivity contribution in [3.63, 3.8) is 0 Å². The topological polar surface area (TPSA) is 113 Å². The molecular weight excluding hydrogens is 536 g/mol. The van der Waals surface area contributed by atoms with Gasteiger partial charge >= 0.3 is 12.3 Å². The van der Waals surface area contributed by atoms with Crippen molar-refractivity contribution in [3.8, 4) is 5.75 Å². The molecule has 8 nitrogen and oxygen atoms in total. The van der Waals surface area contributed by atoms with Crippen LogP contribution in [0.25, 0.3) is 0 Å². The van der Waals surface area contributed by atoms with Crippen molar-refractivity contribution in [2.24, 2.45) is 0 Å². The number of sulfonamides is 1. The maximum atomic E-state index is 13.2. The molecule has 0 aliphatic carbocycles. The Kier molecular flexibility index (Phi) is 8.20. The van der Waals surface area contributed by atoms with Gasteiger partial charge in [0.15, 0.2) is 0 Å². The number of ether oxygens (including phenoxy) is 1. The second kappa shape index (κ2) is 10.6. The molecule has 1 aliphatic rings. The average Bonchev–Trinajstić information content (AvgIpc) is 3.22. The highest BCUT2D eigenvalue weighted by molar-refractivity contribution is 7.89. The second-order valence-electron chi connectivity index (χ2n) is 7.65. The first kappa shape index (κ1) is 27.1. The number of hydrogen-bond acceptors (Lipinski definition) is 5. The number of hydrogen-bond donors (Lipinski definition) is 2. The molecule has 35 heavy (non-hydrogen) atoms. The maximum absolute atomic E-state index is 13.2. The molecule has 2 aromatic carbocycles. The van der Waals surface area contributed by atoms with E-state index in [1.807, 2.05) is 0 Å². The number of carbonyl (C=O) groups excluding carboxylic acids is 1. The molecule has 0 unspecified atom stereocenters. The molecule has 1 amide bonds. The third kappa shape index (κ3) is 7.00. The van der Waals surface area contributed by atoms with E-state index in [1.54, 1.807) is 0 Å². The number of halogens is 5. The molecule has 2 N–H and O–H groups in total. The summed E-state index contributed by atoms with van der Waals surface area (Å²) in [5.41, 5.74) is 0.198. The normalized spacial score (nSPS) is 17.7. The number of rotatable bonds is 8. The molecule has 0 spiro atoms. The number of nitrogens with one attached hydrogen (secondary N) is 1. The van der Waals surface area contributed by atoms with E-state index in [9.17, 15) is 36.3 Å². The fourth-order valence-electron chi connectivity index (χ4n) is 3.70. The molecule has 1 saturated heterocycles. The van der Waals surface area contributed by atoms with Crippen LogP contribution in [-0.4, -0.2) is 48.7 Å². The van der Waals surface area contributed by atoms with Crippen LogP contribution in [0.1, 0.15) is 30.9 Å². The first-order valence-corrected chi connectivity index (χ1v) is 12.3. The van der Waals surface area contributed by atoms with Crippen molar-refractivity contribution in [2.45, 2.75) is 42.6 Å². The summed E-state index contributed by atoms with van der Waals surface area (Å²) in [5, 5.41) is 12.0. The number of carboxylic acid groups (broad SMARTS) is 1. The Bertz CT molecular complexity index is 1190. The van der Waals surface area contributed by atoms with Gasteiger partial charge in [-0.3, -0.25) is 9.59 Å². The Morgan fingerprint density at radius 1 is 1.14 bits per heavy atom. The van der Waals surface area contributed by atoms with Crippen molar-refractivity contribution in [2.75, 3.05) is 6.54 Å². The lowest BCUT2D eigenvalue weighted by atomic mass is 10.0. The SMILES string of the molecule is O=C(O)C[C@@H](NC(=O)[C@@H]1CCCN1S(=O)(=O)c1cc(Cl)cc(Cl)c1)c1ccc(OC(F)(F)F)cc1. The van der Waals surface area contributed by atoms with Crippen LogP contribution in [0.15, 0.2) is 47.4 Å². The smallest absolute Gasteiger partial charge is 0.481 e. The quantitative estimate of drug-likeness (QED) is 0.500. The molecular formula is C21H19Cl2F3N2O6S. The Hall–Kier alpha value is -2.54. The van der Waals surface area contributed by atoms with E-state index >= 15 is 0 Å². The highest BCUT2D eigenvalue weighted by atomic mass is 35.5. The van der Waals surface area contributed by atoms with Crippen LogP contribution in [-0.2, 0) is 19.6 Å². The molecule has 0 aromatic heterocycles. The maximum Gasteiger partial charge on any atom is 0.573 e. The number of alkyl halides is 3. The molecule has 0 radical (unpaired) electrons. The summed E-state index contributed by atoms with van der Waals surface area (Å²) in [6, 6.07) is 5.84. The largest absolute Gasteiger partial charge is 0.573 e. The van der Waals surface area contributed by atoms with Gasteiger partial charge in [0.2, 0.25) is 15.9 Å². The van der Waals surface area contributed by atoms with Crippen molar-refractivity contribution in [1.29, 1.82) is 0 Å². The summed E-state index contributed by atoms with van der Waals surface area (Å²) in [6.07, 6.45) is -4.94. The second-order valence-corrected chi connectivity index (χ2v) is 10.4. The number of carbonyl (C=O) groups is 2. The summed E-state index contributed by atoms with van der Waals surface area (Å²) < 4.78 is 68.3. The fraction of sp³-hybridized carbons (Fsp3) is 0.333. The molecule has 2 aromatic rings. The van der Waals surface area contributed by atoms with Crippen LogP contribution in [0.4, 0.5) is 13.2 Å². The van der Waals surface area contributed by atoms with Crippen LogP contribution in [0.2, 0.25) is 10.0 Å². The Morgan fingerprint density at radius 3 is 2.29 bits per heavy atom. The molecule has 1 heterocycles. The molecule has 14 heteroatoms. The molecule has 1 aliphatic heterocycles. The molecule has 0 bridgehead atoms. The lowest BCUT2D eigenvalue weighted by Crippen LogP contribution is -2.47. The number of carboxylic acids is 1. The lowest BCUT2D eigenvalue weighted by Gasteiger charge is -2.26. The van der Waals surface area contributed by atoms with Crippen molar-refractivity contribution in [1.82, 2.24) is 9.62 Å². The Morgan fingerprint density at radius 2 is 1.74 bits per heavy atom. The molecule has 3 rings (SSSR count). The highest BCUT2D eigenvalue weighted by Gasteiger charge is 2.40. The van der Waals surface area contributed by atoms with Crippen molar-refractivity contribution < 1.29 is 41.0 Å². The number of nitrogens with zero attached hydrogens (tertiary/aromatic N) is 1. The highest BCUT2D eigenvalue weighted by Crippen LogP contribution is 2.31. The van der Waals surface area contributed by atoms with E-state index in [0.717, 1.165) is 16.4 Å². The van der Waals surface area contributed by atoms with Crippen LogP contribution >= 0.6 is 23.2 Å². The van der Waals surface area contributed by atoms with Crippen LogP contribution < -0.4 is 10.1 Å². The van der Waals surface area contributed by atoms with Gasteiger partial charge in [-0.25, -0.2) is 8.42 Å². The zero-order chi connectivity index (χ0) is 26.0. The van der Waals surface area contributed by atoms with E-state index in [4.69, 9.17) is 23.2 Å². The third-order valence-electron chi connectivity index (χ3n) is 5.16. The van der Waals surface area contributed by atoms with Gasteiger partial charge in [0.25, 0.3) is 0 Å². The minimum Gasteiger partial charge on any atom is -0.481 e. The third-order valence-corrected chi connectivity index (χ3v) is 7.48. The van der Waals surface area contributed by atoms with Gasteiger partial charge in [-0.2, -0.15) is 4.31 Å². The van der Waals surface area contributed by atoms with E-state index in [1.165, 1.54) is 30.3 Å². The molecule has 2 atom stereocenters. The zero-order valence-electron chi connectivity index (χ0n) is 17.8. The molecule has 0 saturated carbocycles. The molecule has 1 fully saturated rings. The van der Waals surface area contributed by atoms with E-state index in [-0.39, 0.29) is 33.5 Å². The first-order chi connectivity index (χ1) is 16.3. The van der Waals surface area contributed by atoms with Crippen LogP contribution in [0.5, 0.6) is 5.75 Å². The summed E-state index contributed by atoms with van der Waals surface area (Å²) in [6.45, 7) is 0.0393. The van der Waals surface area contributed by atoms with Gasteiger partial charge in [-0.15, -0.1) is 13.2 Å². The summed E-state index contributed by atoms with van der Waals surface area (Å²) in [5.74, 6) is -2.55. The van der Waals surface area contributed by atoms with Gasteiger partial charge in [-0.1, -0.05) is 35.3 Å². The predicted octanol–water partition coefficient (Wildman–Crippen LogP) is 4.38. The predicted molar refractivity (Wildman–Crippen MR) is 120 cm³/mol. The summed E-state index contributed by atoms with van der Waals surface area (Å²) in [4.78, 5) is 24.2. The van der Waals surface area contributed by atoms with E-state index in [2.05, 4.69) is 10.1 Å². The minimum atomic E-state index is -4.90. The van der Waals surface area contributed by atoms with Crippen molar-refractivity contribution in [3.05, 3.63) is 58.1 Å². The van der Waals surface area contributed by atoms with Crippen LogP contribution in [0, 0.1) is 0 Å². The van der Waals surface area contributed by atoms with Gasteiger partial charge in [0.1, 0.15) is 11.8 Å². The summed E-state index contributed by atoms with van der Waals surface area (Å²) in [7, 11) is -4.16. The molecule has 190 valence electrons. The van der Waals surface area contributed by atoms with Gasteiger partial charge in [-0.05, 0) is 48.7 Å². The van der Waals surface area contributed by atoms with Gasteiger partial charge < -0.3 is 15.2 Å². The van der Waals surface area contributed by atoms with Gasteiger partial charge in [0.05, 0.1) is 17.4 Å². The average molecular weight is 555 g/mol. The minimum absolute atomic E-state index is 0.0393. The number of amides is 1.